The number of hydrogen-bond acceptors (Lipinski definition) is 4. The maximum Gasteiger partial charge on any atom is 0.256 e. The largest absolute Gasteiger partial charge is 0.402 e. The van der Waals surface area contributed by atoms with Gasteiger partial charge >= 0.3 is 0 Å². The van der Waals surface area contributed by atoms with Crippen molar-refractivity contribution in [1.82, 2.24) is 10.2 Å². The molecule has 0 atom stereocenters. The number of H-pyrrole nitrogens is 1. The molecule has 2 aromatic carbocycles. The number of nitrogens with zero attached hydrogens (tertiary/aromatic N) is 1. The lowest BCUT2D eigenvalue weighted by atomic mass is 10.1. The van der Waals surface area contributed by atoms with Crippen LogP contribution in [-0.4, -0.2) is 22.0 Å². The van der Waals surface area contributed by atoms with Crippen molar-refractivity contribution in [2.24, 2.45) is 5.73 Å². The maximum absolute atomic E-state index is 12.4. The first-order valence-corrected chi connectivity index (χ1v) is 10.3. The van der Waals surface area contributed by atoms with Gasteiger partial charge in [-0.3, -0.25) is 14.7 Å². The Bertz CT molecular complexity index is 1040. The molecular weight excluding hydrogens is 390 g/mol. The van der Waals surface area contributed by atoms with E-state index in [1.165, 1.54) is 6.08 Å². The van der Waals surface area contributed by atoms with Gasteiger partial charge in [-0.1, -0.05) is 43.7 Å². The van der Waals surface area contributed by atoms with E-state index in [0.717, 1.165) is 30.5 Å². The molecule has 0 aliphatic rings. The smallest absolute Gasteiger partial charge is 0.256 e. The molecular formula is C24H27N5O2. The van der Waals surface area contributed by atoms with Crippen molar-refractivity contribution in [3.63, 3.8) is 0 Å². The van der Waals surface area contributed by atoms with Crippen LogP contribution in [0.1, 0.15) is 41.4 Å². The molecule has 160 valence electrons. The predicted molar refractivity (Wildman–Crippen MR) is 123 cm³/mol. The van der Waals surface area contributed by atoms with Crippen LogP contribution in [0.3, 0.4) is 0 Å². The Labute approximate surface area is 181 Å². The second-order valence-electron chi connectivity index (χ2n) is 7.28. The van der Waals surface area contributed by atoms with Crippen LogP contribution in [0, 0.1) is 0 Å². The van der Waals surface area contributed by atoms with Gasteiger partial charge in [-0.15, -0.1) is 0 Å². The van der Waals surface area contributed by atoms with Gasteiger partial charge < -0.3 is 16.4 Å². The minimum atomic E-state index is -0.318. The highest BCUT2D eigenvalue weighted by molar-refractivity contribution is 6.04. The molecule has 0 unspecified atom stereocenters. The Kier molecular flexibility index (Phi) is 7.59. The normalized spacial score (nSPS) is 11.2. The van der Waals surface area contributed by atoms with Gasteiger partial charge in [0.2, 0.25) is 5.91 Å². The first kappa shape index (κ1) is 21.8. The molecule has 0 bridgehead atoms. The minimum absolute atomic E-state index is 0.265. The number of aromatic amines is 1. The topological polar surface area (TPSA) is 113 Å². The molecule has 0 aliphatic carbocycles. The van der Waals surface area contributed by atoms with E-state index in [1.807, 2.05) is 36.4 Å². The van der Waals surface area contributed by atoms with Crippen molar-refractivity contribution in [3.8, 4) is 0 Å². The van der Waals surface area contributed by atoms with E-state index < -0.39 is 0 Å². The first-order chi connectivity index (χ1) is 15.0. The molecule has 3 aromatic rings. The zero-order valence-corrected chi connectivity index (χ0v) is 17.5. The summed E-state index contributed by atoms with van der Waals surface area (Å²) < 4.78 is 0. The molecule has 0 spiro atoms. The van der Waals surface area contributed by atoms with Gasteiger partial charge in [0.15, 0.2) is 5.82 Å². The van der Waals surface area contributed by atoms with Crippen LogP contribution in [0.5, 0.6) is 0 Å². The third-order valence-corrected chi connectivity index (χ3v) is 4.65. The Morgan fingerprint density at radius 2 is 1.81 bits per heavy atom. The van der Waals surface area contributed by atoms with Gasteiger partial charge in [0.1, 0.15) is 0 Å². The van der Waals surface area contributed by atoms with Gasteiger partial charge in [0.25, 0.3) is 5.91 Å². The number of allylic oxidation sites excluding steroid dienone is 1. The third kappa shape index (κ3) is 6.85. The molecule has 31 heavy (non-hydrogen) atoms. The van der Waals surface area contributed by atoms with Crippen molar-refractivity contribution < 1.29 is 9.59 Å². The number of rotatable bonds is 9. The van der Waals surface area contributed by atoms with Gasteiger partial charge in [-0.25, -0.2) is 0 Å². The van der Waals surface area contributed by atoms with Crippen LogP contribution < -0.4 is 16.4 Å². The molecule has 0 radical (unpaired) electrons. The van der Waals surface area contributed by atoms with E-state index in [1.54, 1.807) is 24.3 Å². The molecule has 7 heteroatoms. The Morgan fingerprint density at radius 1 is 1.06 bits per heavy atom. The summed E-state index contributed by atoms with van der Waals surface area (Å²) in [5.41, 5.74) is 9.51. The highest BCUT2D eigenvalue weighted by Gasteiger charge is 2.09. The lowest BCUT2D eigenvalue weighted by Gasteiger charge is -2.06. The zero-order valence-electron chi connectivity index (χ0n) is 17.5. The average molecular weight is 418 g/mol. The molecule has 7 nitrogen and oxygen atoms in total. The third-order valence-electron chi connectivity index (χ3n) is 4.65. The summed E-state index contributed by atoms with van der Waals surface area (Å²) in [6.07, 6.45) is 4.94. The molecule has 1 heterocycles. The molecule has 2 amide bonds. The number of amides is 2. The first-order valence-electron chi connectivity index (χ1n) is 10.3. The number of unbranched alkanes of at least 4 members (excludes halogenated alkanes) is 1. The van der Waals surface area contributed by atoms with Gasteiger partial charge in [-0.05, 0) is 42.7 Å². The number of aromatic nitrogens is 2. The highest BCUT2D eigenvalue weighted by atomic mass is 16.2. The van der Waals surface area contributed by atoms with Crippen LogP contribution in [-0.2, 0) is 17.6 Å². The number of anilines is 2. The second-order valence-corrected chi connectivity index (χ2v) is 7.28. The van der Waals surface area contributed by atoms with E-state index in [9.17, 15) is 9.59 Å². The number of benzene rings is 2. The number of nitrogens with two attached hydrogens (primary N) is 1. The average Bonchev–Trinajstić information content (AvgIpc) is 3.20. The van der Waals surface area contributed by atoms with E-state index in [-0.39, 0.29) is 11.8 Å². The molecule has 1 aromatic heterocycles. The van der Waals surface area contributed by atoms with Crippen LogP contribution in [0.15, 0.2) is 72.4 Å². The van der Waals surface area contributed by atoms with Crippen LogP contribution in [0.25, 0.3) is 0 Å². The van der Waals surface area contributed by atoms with Crippen LogP contribution in [0.4, 0.5) is 11.5 Å². The summed E-state index contributed by atoms with van der Waals surface area (Å²) in [4.78, 5) is 24.6. The number of nitrogens with one attached hydrogen (secondary N) is 3. The monoisotopic (exact) mass is 417 g/mol. The summed E-state index contributed by atoms with van der Waals surface area (Å²) in [6, 6.07) is 18.2. The Balaban J connectivity index is 1.53. The summed E-state index contributed by atoms with van der Waals surface area (Å²) in [6.45, 7) is 2.13. The van der Waals surface area contributed by atoms with E-state index in [2.05, 4.69) is 27.8 Å². The number of hydrogen-bond donors (Lipinski definition) is 4. The fourth-order valence-corrected chi connectivity index (χ4v) is 3.04. The quantitative estimate of drug-likeness (QED) is 0.394. The van der Waals surface area contributed by atoms with Crippen LogP contribution >= 0.6 is 0 Å². The van der Waals surface area contributed by atoms with E-state index in [4.69, 9.17) is 5.73 Å². The molecule has 0 saturated heterocycles. The number of carbonyl (C=O) groups is 2. The van der Waals surface area contributed by atoms with E-state index >= 15 is 0 Å². The Hall–Kier alpha value is -3.87. The van der Waals surface area contributed by atoms with Gasteiger partial charge in [0, 0.05) is 41.2 Å². The SMILES string of the molecule is CCCCc1cc(NC(=O)c2ccc(NC(=O)/C=C(\N)Cc3ccccc3)cc2)n[nH]1. The molecule has 5 N–H and O–H groups in total. The number of aryl methyl sites for hydroxylation is 1. The van der Waals surface area contributed by atoms with Crippen LogP contribution in [0.2, 0.25) is 0 Å². The molecule has 0 fully saturated rings. The molecule has 0 aliphatic heterocycles. The van der Waals surface area contributed by atoms with E-state index in [0.29, 0.717) is 29.2 Å². The van der Waals surface area contributed by atoms with Crippen molar-refractivity contribution >= 4 is 23.3 Å². The lowest BCUT2D eigenvalue weighted by Crippen LogP contribution is -2.14. The summed E-state index contributed by atoms with van der Waals surface area (Å²) >= 11 is 0. The molecule has 3 rings (SSSR count). The summed E-state index contributed by atoms with van der Waals surface area (Å²) in [5.74, 6) is -0.0901. The van der Waals surface area contributed by atoms with Crippen molar-refractivity contribution in [3.05, 3.63) is 89.3 Å². The number of carbonyl (C=O) groups excluding carboxylic acids is 2. The fourth-order valence-electron chi connectivity index (χ4n) is 3.04. The maximum atomic E-state index is 12.4. The van der Waals surface area contributed by atoms with Crippen molar-refractivity contribution in [1.29, 1.82) is 0 Å². The Morgan fingerprint density at radius 3 is 2.52 bits per heavy atom. The summed E-state index contributed by atoms with van der Waals surface area (Å²) in [5, 5.41) is 12.6. The highest BCUT2D eigenvalue weighted by Crippen LogP contribution is 2.13. The van der Waals surface area contributed by atoms with Gasteiger partial charge in [-0.2, -0.15) is 5.10 Å². The predicted octanol–water partition coefficient (Wildman–Crippen LogP) is 4.03. The second kappa shape index (κ2) is 10.8. The lowest BCUT2D eigenvalue weighted by molar-refractivity contribution is -0.112. The fraction of sp³-hybridized carbons (Fsp3) is 0.208. The van der Waals surface area contributed by atoms with Crippen molar-refractivity contribution in [2.45, 2.75) is 32.6 Å². The minimum Gasteiger partial charge on any atom is -0.402 e. The van der Waals surface area contributed by atoms with Gasteiger partial charge in [0.05, 0.1) is 0 Å². The summed E-state index contributed by atoms with van der Waals surface area (Å²) in [7, 11) is 0. The molecule has 0 saturated carbocycles. The standard InChI is InChI=1S/C24H27N5O2/c1-2-3-9-21-16-22(29-28-21)27-24(31)18-10-12-20(13-11-18)26-23(30)15-19(25)14-17-7-5-4-6-8-17/h4-8,10-13,15-16H,2-3,9,14,25H2,1H3,(H,26,30)(H2,27,28,29,31)/b19-15-. The zero-order chi connectivity index (χ0) is 22.1. The van der Waals surface area contributed by atoms with Crippen molar-refractivity contribution in [2.75, 3.05) is 10.6 Å².